The normalized spacial score (nSPS) is 12.2. The van der Waals surface area contributed by atoms with Crippen LogP contribution in [0.4, 0.5) is 33.6 Å². The van der Waals surface area contributed by atoms with E-state index in [9.17, 15) is 36.9 Å². The highest BCUT2D eigenvalue weighted by atomic mass is 32.2. The van der Waals surface area contributed by atoms with E-state index in [1.807, 2.05) is 0 Å². The second-order valence-electron chi connectivity index (χ2n) is 13.9. The van der Waals surface area contributed by atoms with Crippen molar-refractivity contribution in [3.63, 3.8) is 0 Å². The Balaban J connectivity index is 0.00000145. The number of nitriles is 1. The van der Waals surface area contributed by atoms with Crippen molar-refractivity contribution in [1.82, 2.24) is 19.6 Å². The van der Waals surface area contributed by atoms with Crippen LogP contribution in [0.2, 0.25) is 0 Å². The number of benzene rings is 4. The van der Waals surface area contributed by atoms with Crippen LogP contribution >= 0.6 is 35.1 Å². The maximum atomic E-state index is 11.7. The Morgan fingerprint density at radius 1 is 0.897 bits per heavy atom. The van der Waals surface area contributed by atoms with Crippen LogP contribution in [0.25, 0.3) is 27.5 Å². The molecule has 7 rings (SSSR count). The van der Waals surface area contributed by atoms with E-state index in [4.69, 9.17) is 23.6 Å². The van der Waals surface area contributed by atoms with E-state index < -0.39 is 26.0 Å². The molecule has 7 aromatic rings. The largest absolute Gasteiger partial charge is 0.505 e. The fraction of sp³-hybridized carbons (Fsp3) is 0.231. The highest BCUT2D eigenvalue weighted by Gasteiger charge is 2.21. The monoisotopic (exact) mass is 1030 g/mol. The van der Waals surface area contributed by atoms with Crippen LogP contribution < -0.4 is 4.74 Å². The minimum Gasteiger partial charge on any atom is -0.505 e. The number of pyridine rings is 1. The molecule has 29 heteroatoms. The Morgan fingerprint density at radius 2 is 1.63 bits per heavy atom. The number of para-hydroxylation sites is 2. The average molecular weight is 1030 g/mol. The summed E-state index contributed by atoms with van der Waals surface area (Å²) >= 11 is 3.23. The predicted molar refractivity (Wildman–Crippen MR) is 250 cm³/mol. The number of phenols is 1. The molecule has 0 spiro atoms. The lowest BCUT2D eigenvalue weighted by molar-refractivity contribution is -0.432. The number of phenolic OH excluding ortho intramolecular Hbond substituents is 1. The van der Waals surface area contributed by atoms with Crippen LogP contribution in [0.3, 0.4) is 0 Å². The van der Waals surface area contributed by atoms with Crippen molar-refractivity contribution in [2.45, 2.75) is 29.5 Å². The summed E-state index contributed by atoms with van der Waals surface area (Å²) in [6, 6.07) is 18.7. The summed E-state index contributed by atoms with van der Waals surface area (Å²) in [6.07, 6.45) is 0.652. The second-order valence-corrected chi connectivity index (χ2v) is 19.9. The van der Waals surface area contributed by atoms with E-state index in [0.29, 0.717) is 73.4 Å². The number of nitrogens with zero attached hydrogens (tertiary/aromatic N) is 11. The molecule has 0 aliphatic carbocycles. The van der Waals surface area contributed by atoms with Crippen molar-refractivity contribution in [2.75, 3.05) is 38.1 Å². The molecule has 3 heterocycles. The number of aryl methyl sites for hydroxylation is 1. The number of aromatic nitrogens is 4. The maximum Gasteiger partial charge on any atom is 0.264 e. The summed E-state index contributed by atoms with van der Waals surface area (Å²) in [5.74, 6) is -0.422. The Morgan fingerprint density at radius 3 is 2.35 bits per heavy atom. The summed E-state index contributed by atoms with van der Waals surface area (Å²) in [5.41, 5.74) is 3.20. The van der Waals surface area contributed by atoms with Gasteiger partial charge in [-0.15, -0.1) is 40.1 Å². The van der Waals surface area contributed by atoms with Crippen molar-refractivity contribution < 1.29 is 60.3 Å². The first-order valence-corrected chi connectivity index (χ1v) is 25.2. The topological polar surface area (TPSA) is 347 Å². The third kappa shape index (κ3) is 13.2. The molecular formula is C39H37N11O13S5. The van der Waals surface area contributed by atoms with Crippen molar-refractivity contribution in [3.8, 4) is 23.4 Å². The van der Waals surface area contributed by atoms with Gasteiger partial charge in [0.1, 0.15) is 28.8 Å². The van der Waals surface area contributed by atoms with Crippen LogP contribution in [0, 0.1) is 25.2 Å². The molecule has 0 saturated carbocycles. The zero-order chi connectivity index (χ0) is 49.2. The van der Waals surface area contributed by atoms with Gasteiger partial charge in [-0.3, -0.25) is 13.5 Å². The molecule has 0 radical (unpaired) electrons. The quantitative estimate of drug-likeness (QED) is 0.0101. The lowest BCUT2D eigenvalue weighted by Crippen LogP contribution is -2.08. The number of ether oxygens (including phenoxy) is 2. The Kier molecular flexibility index (Phi) is 17.0. The van der Waals surface area contributed by atoms with E-state index in [0.717, 1.165) is 0 Å². The van der Waals surface area contributed by atoms with Crippen molar-refractivity contribution in [3.05, 3.63) is 77.4 Å². The second kappa shape index (κ2) is 22.7. The first-order valence-electron chi connectivity index (χ1n) is 19.2. The number of thioether (sulfide) groups is 1. The van der Waals surface area contributed by atoms with Gasteiger partial charge in [-0.2, -0.15) is 27.2 Å². The Bertz CT molecular complexity index is 3350. The molecule has 0 amide bonds. The first-order chi connectivity index (χ1) is 32.4. The molecule has 0 atom stereocenters. The van der Waals surface area contributed by atoms with Gasteiger partial charge in [0.05, 0.1) is 64.6 Å². The van der Waals surface area contributed by atoms with Crippen molar-refractivity contribution in [1.29, 1.82) is 5.26 Å². The molecule has 0 bridgehead atoms. The molecule has 24 nitrogen and oxygen atoms in total. The van der Waals surface area contributed by atoms with Gasteiger partial charge in [0.2, 0.25) is 5.88 Å². The molecule has 0 aliphatic rings. The van der Waals surface area contributed by atoms with Gasteiger partial charge in [-0.25, -0.2) is 10.2 Å². The summed E-state index contributed by atoms with van der Waals surface area (Å²) in [4.78, 5) is 4.68. The average Bonchev–Trinajstić information content (AvgIpc) is 3.91. The van der Waals surface area contributed by atoms with Crippen molar-refractivity contribution >= 4 is 116 Å². The van der Waals surface area contributed by atoms with Gasteiger partial charge in [0.25, 0.3) is 25.4 Å². The smallest absolute Gasteiger partial charge is 0.264 e. The number of rotatable bonds is 18. The highest BCUT2D eigenvalue weighted by Crippen LogP contribution is 2.46. The van der Waals surface area contributed by atoms with Crippen LogP contribution in [-0.2, 0) is 34.3 Å². The summed E-state index contributed by atoms with van der Waals surface area (Å²) in [6.45, 7) is 3.75. The molecule has 0 fully saturated rings. The van der Waals surface area contributed by atoms with E-state index in [1.165, 1.54) is 39.6 Å². The molecule has 0 saturated heterocycles. The Labute approximate surface area is 398 Å². The zero-order valence-electron chi connectivity index (χ0n) is 35.8. The number of hydrogen-bond acceptors (Lipinski definition) is 24. The molecule has 0 aliphatic heterocycles. The molecule has 68 heavy (non-hydrogen) atoms. The van der Waals surface area contributed by atoms with Gasteiger partial charge in [-0.05, 0) is 67.6 Å². The van der Waals surface area contributed by atoms with Gasteiger partial charge in [0.15, 0.2) is 21.4 Å². The highest BCUT2D eigenvalue weighted by molar-refractivity contribution is 8.01. The van der Waals surface area contributed by atoms with Gasteiger partial charge < -0.3 is 19.7 Å². The third-order valence-corrected chi connectivity index (χ3v) is 12.3. The fourth-order valence-corrected chi connectivity index (χ4v) is 8.65. The SMILES string of the molecule is COCCSc1nnc(N=Nc2cc(OCCCS(=O)(=O)O)c(N=Nc3c(SOOO)cc4ccc(N=Nc5c(C)c(C#N)c6nc7ccccc7n6c5O)cc4c3O)cc2C)s1.CS(=O)(=O)O. The van der Waals surface area contributed by atoms with Crippen molar-refractivity contribution in [2.24, 2.45) is 30.7 Å². The van der Waals surface area contributed by atoms with E-state index in [-0.39, 0.29) is 74.6 Å². The molecule has 0 unspecified atom stereocenters. The number of hydrogen-bond donors (Lipinski definition) is 5. The zero-order valence-corrected chi connectivity index (χ0v) is 39.9. The Hall–Kier alpha value is -6.30. The molecule has 3 aromatic heterocycles. The summed E-state index contributed by atoms with van der Waals surface area (Å²) in [5, 5.41) is 80.9. The van der Waals surface area contributed by atoms with Crippen LogP contribution in [0.5, 0.6) is 17.4 Å². The lowest BCUT2D eigenvalue weighted by atomic mass is 10.1. The predicted octanol–water partition coefficient (Wildman–Crippen LogP) is 9.97. The summed E-state index contributed by atoms with van der Waals surface area (Å²) < 4.78 is 75.6. The minimum atomic E-state index is -4.26. The van der Waals surface area contributed by atoms with Gasteiger partial charge in [0, 0.05) is 29.9 Å². The maximum absolute atomic E-state index is 11.7. The molecule has 5 N–H and O–H groups in total. The molecular weight excluding hydrogens is 991 g/mol. The fourth-order valence-electron chi connectivity index (χ4n) is 6.03. The number of fused-ring (bicyclic) bond motifs is 4. The minimum absolute atomic E-state index is 0.0369. The van der Waals surface area contributed by atoms with Crippen LogP contribution in [0.15, 0.2) is 101 Å². The van der Waals surface area contributed by atoms with Crippen LogP contribution in [0.1, 0.15) is 23.1 Å². The van der Waals surface area contributed by atoms with Crippen LogP contribution in [-0.4, -0.2) is 99.1 Å². The van der Waals surface area contributed by atoms with E-state index in [1.54, 1.807) is 69.5 Å². The first kappa shape index (κ1) is 51.1. The number of imidazole rings is 1. The number of methoxy groups -OCH3 is 1. The molecule has 4 aromatic carbocycles. The third-order valence-electron chi connectivity index (χ3n) is 9.00. The number of aromatic hydroxyl groups is 2. The molecule has 356 valence electrons. The van der Waals surface area contributed by atoms with E-state index in [2.05, 4.69) is 57.0 Å². The number of azo groups is 3. The summed E-state index contributed by atoms with van der Waals surface area (Å²) in [7, 11) is -6.31. The van der Waals surface area contributed by atoms with E-state index >= 15 is 0 Å². The van der Waals surface area contributed by atoms with Gasteiger partial charge >= 0.3 is 0 Å². The van der Waals surface area contributed by atoms with Gasteiger partial charge in [-0.1, -0.05) is 46.3 Å². The standard InChI is InChI=1S/C38H33N11O10S4.CH4O3S/c1-20-15-28(30(57-11-6-14-63(53,54)55)18-27(20)42-46-37-47-48-38(61-37)60-13-12-56-3)43-45-33-31(62-59-58-52)16-22-9-10-23(17-24(22)34(33)50)41-44-32-21(2)25(19-39)35-40-26-7-4-5-8-29(26)49(35)36(32)51;1-5(2,3)4/h4-5,7-10,15-18,50-52H,6,11-14H2,1-3H3,(H,53,54,55);1H3,(H,2,3,4). The lowest BCUT2D eigenvalue weighted by Gasteiger charge is -2.12.